The lowest BCUT2D eigenvalue weighted by atomic mass is 9.82. The van der Waals surface area contributed by atoms with Crippen molar-refractivity contribution in [1.29, 1.82) is 0 Å². The molecular weight excluding hydrogens is 404 g/mol. The summed E-state index contributed by atoms with van der Waals surface area (Å²) in [4.78, 5) is 19.4. The van der Waals surface area contributed by atoms with Crippen LogP contribution in [0.25, 0.3) is 22.2 Å². The Bertz CT molecular complexity index is 1080. The van der Waals surface area contributed by atoms with E-state index in [1.54, 1.807) is 0 Å². The minimum absolute atomic E-state index is 0.227. The molecule has 0 saturated carbocycles. The zero-order chi connectivity index (χ0) is 24.2. The molecule has 0 fully saturated rings. The molecule has 0 saturated heterocycles. The summed E-state index contributed by atoms with van der Waals surface area (Å²) in [6.07, 6.45) is 4.99. The van der Waals surface area contributed by atoms with Crippen LogP contribution in [0.5, 0.6) is 0 Å². The van der Waals surface area contributed by atoms with Gasteiger partial charge in [-0.3, -0.25) is 4.79 Å². The lowest BCUT2D eigenvalue weighted by Crippen LogP contribution is -2.44. The van der Waals surface area contributed by atoms with Gasteiger partial charge in [0.1, 0.15) is 0 Å². The topological polar surface area (TPSA) is 36.1 Å². The Morgan fingerprint density at radius 3 is 2.12 bits per heavy atom. The molecule has 3 heteroatoms. The standard InChI is InChI=1S/C30H41N2O/c1-8-11-15-32(16-12-9-2)29(33)30(6,7)24-13-14-27-26(20-24)25(10-3)28(31-27)23-18-21(4)17-22(5)19-23/h13-14,17-20,31H,3,8-12,15-16H2,1-2,4-7H3. The molecule has 0 spiro atoms. The van der Waals surface area contributed by atoms with Gasteiger partial charge in [0, 0.05) is 29.7 Å². The molecule has 3 aromatic rings. The maximum atomic E-state index is 13.7. The van der Waals surface area contributed by atoms with Gasteiger partial charge < -0.3 is 9.88 Å². The quantitative estimate of drug-likeness (QED) is 0.344. The normalized spacial score (nSPS) is 11.8. The van der Waals surface area contributed by atoms with Gasteiger partial charge in [0.05, 0.1) is 5.41 Å². The molecular formula is C30H41N2O. The second-order valence-corrected chi connectivity index (χ2v) is 9.99. The number of carbonyl (C=O) groups excluding carboxylic acids is 1. The van der Waals surface area contributed by atoms with Gasteiger partial charge in [-0.25, -0.2) is 0 Å². The third kappa shape index (κ3) is 5.34. The number of nitrogens with zero attached hydrogens (tertiary/aromatic N) is 1. The first-order valence-electron chi connectivity index (χ1n) is 12.5. The van der Waals surface area contributed by atoms with Crippen LogP contribution in [0.4, 0.5) is 0 Å². The van der Waals surface area contributed by atoms with E-state index in [1.807, 2.05) is 0 Å². The van der Waals surface area contributed by atoms with Gasteiger partial charge in [0.15, 0.2) is 0 Å². The predicted molar refractivity (Wildman–Crippen MR) is 142 cm³/mol. The number of nitrogens with one attached hydrogen (secondary N) is 1. The number of rotatable bonds is 10. The maximum Gasteiger partial charge on any atom is 0.232 e. The van der Waals surface area contributed by atoms with Crippen molar-refractivity contribution in [1.82, 2.24) is 9.88 Å². The second-order valence-electron chi connectivity index (χ2n) is 9.99. The van der Waals surface area contributed by atoms with Crippen LogP contribution in [0.15, 0.2) is 36.4 Å². The van der Waals surface area contributed by atoms with Crippen molar-refractivity contribution in [2.45, 2.75) is 79.1 Å². The number of aromatic nitrogens is 1. The fourth-order valence-electron chi connectivity index (χ4n) is 4.79. The number of H-pyrrole nitrogens is 1. The van der Waals surface area contributed by atoms with Crippen molar-refractivity contribution in [2.24, 2.45) is 0 Å². The summed E-state index contributed by atoms with van der Waals surface area (Å²) in [6, 6.07) is 13.1. The molecule has 1 amide bonds. The Kier molecular flexibility index (Phi) is 8.05. The number of hydrogen-bond acceptors (Lipinski definition) is 1. The van der Waals surface area contributed by atoms with Crippen molar-refractivity contribution in [2.75, 3.05) is 13.1 Å². The van der Waals surface area contributed by atoms with Crippen LogP contribution in [-0.4, -0.2) is 28.9 Å². The SMILES string of the molecule is [CH2]Cc1c(-c2cc(C)cc(C)c2)[nH]c2ccc(C(C)(C)C(=O)N(CCCC)CCCC)cc12. The number of carbonyl (C=O) groups is 1. The Hall–Kier alpha value is -2.55. The zero-order valence-corrected chi connectivity index (χ0v) is 21.5. The molecule has 33 heavy (non-hydrogen) atoms. The summed E-state index contributed by atoms with van der Waals surface area (Å²) in [5, 5.41) is 1.17. The van der Waals surface area contributed by atoms with Crippen molar-refractivity contribution in [3.8, 4) is 11.3 Å². The number of fused-ring (bicyclic) bond motifs is 1. The van der Waals surface area contributed by atoms with E-state index in [0.29, 0.717) is 6.42 Å². The van der Waals surface area contributed by atoms with Gasteiger partial charge >= 0.3 is 0 Å². The first-order chi connectivity index (χ1) is 15.7. The van der Waals surface area contributed by atoms with Gasteiger partial charge in [0.25, 0.3) is 0 Å². The Balaban J connectivity index is 2.03. The van der Waals surface area contributed by atoms with E-state index in [9.17, 15) is 4.79 Å². The van der Waals surface area contributed by atoms with Crippen LogP contribution < -0.4 is 0 Å². The van der Waals surface area contributed by atoms with E-state index in [1.165, 1.54) is 27.6 Å². The molecule has 3 rings (SSSR count). The molecule has 0 unspecified atom stereocenters. The molecule has 0 aliphatic carbocycles. The highest BCUT2D eigenvalue weighted by Gasteiger charge is 2.34. The third-order valence-corrected chi connectivity index (χ3v) is 6.77. The van der Waals surface area contributed by atoms with Crippen LogP contribution in [0, 0.1) is 20.8 Å². The van der Waals surface area contributed by atoms with Crippen LogP contribution in [0.3, 0.4) is 0 Å². The Morgan fingerprint density at radius 1 is 0.970 bits per heavy atom. The van der Waals surface area contributed by atoms with Crippen molar-refractivity contribution in [3.63, 3.8) is 0 Å². The van der Waals surface area contributed by atoms with Gasteiger partial charge in [-0.1, -0.05) is 49.9 Å². The highest BCUT2D eigenvalue weighted by Crippen LogP contribution is 2.35. The number of amides is 1. The lowest BCUT2D eigenvalue weighted by molar-refractivity contribution is -0.136. The number of aromatic amines is 1. The van der Waals surface area contributed by atoms with E-state index in [4.69, 9.17) is 0 Å². The molecule has 0 atom stereocenters. The molecule has 177 valence electrons. The summed E-state index contributed by atoms with van der Waals surface area (Å²) >= 11 is 0. The smallest absolute Gasteiger partial charge is 0.232 e. The summed E-state index contributed by atoms with van der Waals surface area (Å²) in [7, 11) is 0. The molecule has 3 nitrogen and oxygen atoms in total. The summed E-state index contributed by atoms with van der Waals surface area (Å²) < 4.78 is 0. The highest BCUT2D eigenvalue weighted by molar-refractivity contribution is 5.94. The first kappa shape index (κ1) is 25.1. The van der Waals surface area contributed by atoms with Crippen LogP contribution in [0.2, 0.25) is 0 Å². The van der Waals surface area contributed by atoms with E-state index in [-0.39, 0.29) is 5.91 Å². The lowest BCUT2D eigenvalue weighted by Gasteiger charge is -2.32. The molecule has 1 N–H and O–H groups in total. The van der Waals surface area contributed by atoms with E-state index in [2.05, 4.69) is 94.7 Å². The van der Waals surface area contributed by atoms with E-state index in [0.717, 1.165) is 55.5 Å². The number of hydrogen-bond donors (Lipinski definition) is 1. The fraction of sp³-hybridized carbons (Fsp3) is 0.467. The average molecular weight is 446 g/mol. The van der Waals surface area contributed by atoms with Gasteiger partial charge in [-0.15, -0.1) is 0 Å². The zero-order valence-electron chi connectivity index (χ0n) is 21.5. The molecule has 1 heterocycles. The van der Waals surface area contributed by atoms with Gasteiger partial charge in [-0.2, -0.15) is 0 Å². The summed E-state index contributed by atoms with van der Waals surface area (Å²) in [6.45, 7) is 18.7. The van der Waals surface area contributed by atoms with Gasteiger partial charge in [0.2, 0.25) is 5.91 Å². The number of aryl methyl sites for hydroxylation is 2. The Morgan fingerprint density at radius 2 is 1.58 bits per heavy atom. The van der Waals surface area contributed by atoms with Crippen LogP contribution >= 0.6 is 0 Å². The minimum Gasteiger partial charge on any atom is -0.354 e. The molecule has 1 aromatic heterocycles. The van der Waals surface area contributed by atoms with Gasteiger partial charge in [-0.05, 0) is 94.8 Å². The van der Waals surface area contributed by atoms with E-state index < -0.39 is 5.41 Å². The second kappa shape index (κ2) is 10.6. The molecule has 1 radical (unpaired) electrons. The number of benzene rings is 2. The van der Waals surface area contributed by atoms with Crippen LogP contribution in [0.1, 0.15) is 75.6 Å². The van der Waals surface area contributed by atoms with Crippen molar-refractivity contribution >= 4 is 16.8 Å². The van der Waals surface area contributed by atoms with E-state index >= 15 is 0 Å². The third-order valence-electron chi connectivity index (χ3n) is 6.77. The summed E-state index contributed by atoms with van der Waals surface area (Å²) in [5.41, 5.74) is 7.66. The summed E-state index contributed by atoms with van der Waals surface area (Å²) in [5.74, 6) is 0.227. The number of unbranched alkanes of at least 4 members (excludes halogenated alkanes) is 2. The van der Waals surface area contributed by atoms with Crippen molar-refractivity contribution < 1.29 is 4.79 Å². The fourth-order valence-corrected chi connectivity index (χ4v) is 4.79. The largest absolute Gasteiger partial charge is 0.354 e. The average Bonchev–Trinajstić information content (AvgIpc) is 3.16. The molecule has 0 bridgehead atoms. The molecule has 0 aliphatic heterocycles. The van der Waals surface area contributed by atoms with Crippen molar-refractivity contribution in [3.05, 3.63) is 65.6 Å². The van der Waals surface area contributed by atoms with Crippen LogP contribution in [-0.2, 0) is 16.6 Å². The maximum absolute atomic E-state index is 13.7. The highest BCUT2D eigenvalue weighted by atomic mass is 16.2. The predicted octanol–water partition coefficient (Wildman–Crippen LogP) is 7.53. The molecule has 2 aromatic carbocycles. The minimum atomic E-state index is -0.578. The monoisotopic (exact) mass is 445 g/mol. The Labute approximate surface area is 200 Å². The first-order valence-corrected chi connectivity index (χ1v) is 12.5. The molecule has 0 aliphatic rings.